The highest BCUT2D eigenvalue weighted by Crippen LogP contribution is 2.33. The summed E-state index contributed by atoms with van der Waals surface area (Å²) in [5.41, 5.74) is 1.97. The van der Waals surface area contributed by atoms with Crippen molar-refractivity contribution in [3.63, 3.8) is 0 Å². The van der Waals surface area contributed by atoms with Crippen LogP contribution in [0, 0.1) is 6.92 Å². The molecule has 0 aliphatic rings. The Bertz CT molecular complexity index is 555. The molecule has 0 aliphatic carbocycles. The van der Waals surface area contributed by atoms with Gasteiger partial charge in [0.15, 0.2) is 0 Å². The second kappa shape index (κ2) is 4.11. The Morgan fingerprint density at radius 2 is 2.19 bits per heavy atom. The predicted molar refractivity (Wildman–Crippen MR) is 70.9 cm³/mol. The number of aromatic carboxylic acids is 1. The van der Waals surface area contributed by atoms with E-state index in [9.17, 15) is 4.79 Å². The van der Waals surface area contributed by atoms with E-state index < -0.39 is 5.97 Å². The molecule has 1 aromatic heterocycles. The van der Waals surface area contributed by atoms with Crippen molar-refractivity contribution in [3.8, 4) is 0 Å². The van der Waals surface area contributed by atoms with Gasteiger partial charge in [-0.1, -0.05) is 6.07 Å². The number of hydrogen-bond acceptors (Lipinski definition) is 3. The number of fused-ring (bicyclic) bond motifs is 1. The highest BCUT2D eigenvalue weighted by atomic mass is 32.1. The molecule has 1 aromatic carbocycles. The lowest BCUT2D eigenvalue weighted by Crippen LogP contribution is -1.93. The highest BCUT2D eigenvalue weighted by molar-refractivity contribution is 7.80. The normalized spacial score (nSPS) is 12.9. The summed E-state index contributed by atoms with van der Waals surface area (Å²) in [6.07, 6.45) is 0. The number of aryl methyl sites for hydroxylation is 1. The minimum atomic E-state index is -0.848. The third-order valence-corrected chi connectivity index (χ3v) is 4.20. The zero-order chi connectivity index (χ0) is 11.9. The molecule has 1 unspecified atom stereocenters. The van der Waals surface area contributed by atoms with E-state index in [2.05, 4.69) is 12.6 Å². The Balaban J connectivity index is 2.69. The van der Waals surface area contributed by atoms with Crippen LogP contribution in [0.3, 0.4) is 0 Å². The molecular formula is C12H12O2S2. The smallest absolute Gasteiger partial charge is 0.346 e. The molecule has 0 radical (unpaired) electrons. The first-order valence-corrected chi connectivity index (χ1v) is 6.28. The first-order chi connectivity index (χ1) is 7.50. The molecule has 2 rings (SSSR count). The summed E-state index contributed by atoms with van der Waals surface area (Å²) in [5, 5.41) is 10.2. The standard InChI is InChI=1S/C12H12O2S2/c1-6-9-5-8(7(2)15)3-4-10(9)16-11(6)12(13)14/h3-5,7,15H,1-2H3,(H,13,14). The van der Waals surface area contributed by atoms with E-state index in [1.54, 1.807) is 0 Å². The van der Waals surface area contributed by atoms with Gasteiger partial charge in [-0.05, 0) is 42.5 Å². The van der Waals surface area contributed by atoms with E-state index in [1.807, 2.05) is 32.0 Å². The van der Waals surface area contributed by atoms with Gasteiger partial charge in [0, 0.05) is 9.95 Å². The monoisotopic (exact) mass is 252 g/mol. The average molecular weight is 252 g/mol. The predicted octanol–water partition coefficient (Wildman–Crippen LogP) is 3.90. The van der Waals surface area contributed by atoms with Crippen molar-refractivity contribution in [2.75, 3.05) is 0 Å². The first kappa shape index (κ1) is 11.5. The largest absolute Gasteiger partial charge is 0.477 e. The van der Waals surface area contributed by atoms with Gasteiger partial charge in [0.25, 0.3) is 0 Å². The number of carboxylic acids is 1. The van der Waals surface area contributed by atoms with Crippen LogP contribution in [-0.4, -0.2) is 11.1 Å². The van der Waals surface area contributed by atoms with E-state index in [-0.39, 0.29) is 5.25 Å². The fraction of sp³-hybridized carbons (Fsp3) is 0.250. The van der Waals surface area contributed by atoms with E-state index >= 15 is 0 Å². The second-order valence-corrected chi connectivity index (χ2v) is 5.62. The van der Waals surface area contributed by atoms with Crippen LogP contribution in [0.2, 0.25) is 0 Å². The fourth-order valence-corrected chi connectivity index (χ4v) is 2.89. The van der Waals surface area contributed by atoms with Crippen molar-refractivity contribution in [3.05, 3.63) is 34.2 Å². The zero-order valence-electron chi connectivity index (χ0n) is 9.02. The van der Waals surface area contributed by atoms with Crippen LogP contribution in [0.4, 0.5) is 0 Å². The molecule has 0 fully saturated rings. The average Bonchev–Trinajstić information content (AvgIpc) is 2.56. The third kappa shape index (κ3) is 1.83. The molecule has 1 atom stereocenters. The van der Waals surface area contributed by atoms with E-state index in [1.165, 1.54) is 11.3 Å². The fourth-order valence-electron chi connectivity index (χ4n) is 1.70. The Kier molecular flexibility index (Phi) is 2.95. The number of benzene rings is 1. The maximum atomic E-state index is 11.0. The van der Waals surface area contributed by atoms with Gasteiger partial charge in [-0.2, -0.15) is 12.6 Å². The van der Waals surface area contributed by atoms with Gasteiger partial charge in [0.05, 0.1) is 0 Å². The molecular weight excluding hydrogens is 240 g/mol. The summed E-state index contributed by atoms with van der Waals surface area (Å²) >= 11 is 5.71. The summed E-state index contributed by atoms with van der Waals surface area (Å²) in [6.45, 7) is 3.86. The molecule has 1 heterocycles. The van der Waals surface area contributed by atoms with Gasteiger partial charge in [0.2, 0.25) is 0 Å². The molecule has 0 spiro atoms. The Labute approximate surface area is 103 Å². The van der Waals surface area contributed by atoms with Gasteiger partial charge in [-0.25, -0.2) is 4.79 Å². The molecule has 2 nitrogen and oxygen atoms in total. The first-order valence-electron chi connectivity index (χ1n) is 4.95. The highest BCUT2D eigenvalue weighted by Gasteiger charge is 2.14. The van der Waals surface area contributed by atoms with Crippen molar-refractivity contribution in [1.82, 2.24) is 0 Å². The minimum Gasteiger partial charge on any atom is -0.477 e. The SMILES string of the molecule is Cc1c(C(=O)O)sc2ccc(C(C)S)cc12. The number of carbonyl (C=O) groups is 1. The van der Waals surface area contributed by atoms with Gasteiger partial charge in [0.1, 0.15) is 4.88 Å². The maximum Gasteiger partial charge on any atom is 0.346 e. The topological polar surface area (TPSA) is 37.3 Å². The lowest BCUT2D eigenvalue weighted by Gasteiger charge is -2.04. The van der Waals surface area contributed by atoms with Crippen molar-refractivity contribution in [2.45, 2.75) is 19.1 Å². The molecule has 0 amide bonds. The molecule has 84 valence electrons. The molecule has 2 aromatic rings. The van der Waals surface area contributed by atoms with Gasteiger partial charge in [-0.15, -0.1) is 11.3 Å². The molecule has 16 heavy (non-hydrogen) atoms. The molecule has 0 saturated heterocycles. The van der Waals surface area contributed by atoms with Crippen LogP contribution in [-0.2, 0) is 0 Å². The Hall–Kier alpha value is -1.00. The van der Waals surface area contributed by atoms with Crippen LogP contribution < -0.4 is 0 Å². The summed E-state index contributed by atoms with van der Waals surface area (Å²) in [6, 6.07) is 6.01. The van der Waals surface area contributed by atoms with Crippen LogP contribution in [0.25, 0.3) is 10.1 Å². The third-order valence-electron chi connectivity index (χ3n) is 2.64. The molecule has 0 saturated carbocycles. The molecule has 4 heteroatoms. The van der Waals surface area contributed by atoms with Crippen molar-refractivity contribution in [2.24, 2.45) is 0 Å². The van der Waals surface area contributed by atoms with Crippen LogP contribution in [0.1, 0.15) is 33.0 Å². The summed E-state index contributed by atoms with van der Waals surface area (Å²) in [4.78, 5) is 11.4. The van der Waals surface area contributed by atoms with Crippen molar-refractivity contribution in [1.29, 1.82) is 0 Å². The van der Waals surface area contributed by atoms with Crippen LogP contribution in [0.5, 0.6) is 0 Å². The summed E-state index contributed by atoms with van der Waals surface area (Å²) in [7, 11) is 0. The molecule has 1 N–H and O–H groups in total. The number of rotatable bonds is 2. The minimum absolute atomic E-state index is 0.164. The summed E-state index contributed by atoms with van der Waals surface area (Å²) < 4.78 is 1.02. The quantitative estimate of drug-likeness (QED) is 0.795. The Morgan fingerprint density at radius 1 is 1.50 bits per heavy atom. The van der Waals surface area contributed by atoms with Gasteiger partial charge >= 0.3 is 5.97 Å². The van der Waals surface area contributed by atoms with Gasteiger partial charge < -0.3 is 5.11 Å². The lowest BCUT2D eigenvalue weighted by atomic mass is 10.1. The van der Waals surface area contributed by atoms with Crippen molar-refractivity contribution < 1.29 is 9.90 Å². The maximum absolute atomic E-state index is 11.0. The zero-order valence-corrected chi connectivity index (χ0v) is 10.7. The number of thiophene rings is 1. The van der Waals surface area contributed by atoms with E-state index in [4.69, 9.17) is 5.11 Å². The Morgan fingerprint density at radius 3 is 2.75 bits per heavy atom. The molecule has 0 aliphatic heterocycles. The second-order valence-electron chi connectivity index (χ2n) is 3.79. The molecule has 0 bridgehead atoms. The number of carboxylic acid groups (broad SMARTS) is 1. The van der Waals surface area contributed by atoms with E-state index in [0.29, 0.717) is 4.88 Å². The van der Waals surface area contributed by atoms with Crippen LogP contribution in [0.15, 0.2) is 18.2 Å². The lowest BCUT2D eigenvalue weighted by molar-refractivity contribution is 0.0701. The summed E-state index contributed by atoms with van der Waals surface area (Å²) in [5.74, 6) is -0.848. The van der Waals surface area contributed by atoms with Crippen molar-refractivity contribution >= 4 is 40.0 Å². The number of thiol groups is 1. The number of hydrogen-bond donors (Lipinski definition) is 2. The van der Waals surface area contributed by atoms with E-state index in [0.717, 1.165) is 21.2 Å². The van der Waals surface area contributed by atoms with Gasteiger partial charge in [-0.3, -0.25) is 0 Å². The van der Waals surface area contributed by atoms with Crippen LogP contribution >= 0.6 is 24.0 Å².